The Hall–Kier alpha value is -2.17. The van der Waals surface area contributed by atoms with Gasteiger partial charge in [0.05, 0.1) is 19.3 Å². The van der Waals surface area contributed by atoms with E-state index in [2.05, 4.69) is 42.3 Å². The van der Waals surface area contributed by atoms with Crippen molar-refractivity contribution in [3.8, 4) is 0 Å². The van der Waals surface area contributed by atoms with Crippen molar-refractivity contribution in [1.82, 2.24) is 10.2 Å². The number of hydrogen-bond acceptors (Lipinski definition) is 3. The van der Waals surface area contributed by atoms with Gasteiger partial charge in [0.25, 0.3) is 5.91 Å². The molecule has 1 aliphatic heterocycles. The smallest absolute Gasteiger partial charge is 0.251 e. The van der Waals surface area contributed by atoms with Gasteiger partial charge in [-0.05, 0) is 35.6 Å². The highest BCUT2D eigenvalue weighted by Gasteiger charge is 2.18. The number of morpholine rings is 1. The van der Waals surface area contributed by atoms with Crippen molar-refractivity contribution in [3.05, 3.63) is 71.3 Å². The third-order valence-electron chi connectivity index (χ3n) is 4.91. The van der Waals surface area contributed by atoms with E-state index in [1.54, 1.807) is 0 Å². The zero-order valence-electron chi connectivity index (χ0n) is 16.4. The van der Waals surface area contributed by atoms with Crippen LogP contribution >= 0.6 is 0 Å². The van der Waals surface area contributed by atoms with Crippen LogP contribution in [0, 0.1) is 5.92 Å². The largest absolute Gasteiger partial charge is 0.379 e. The van der Waals surface area contributed by atoms with E-state index in [0.717, 1.165) is 50.4 Å². The van der Waals surface area contributed by atoms with Crippen LogP contribution in [0.15, 0.2) is 54.6 Å². The van der Waals surface area contributed by atoms with Crippen molar-refractivity contribution in [2.24, 2.45) is 5.92 Å². The van der Waals surface area contributed by atoms with E-state index in [-0.39, 0.29) is 11.9 Å². The summed E-state index contributed by atoms with van der Waals surface area (Å²) in [6, 6.07) is 18.2. The summed E-state index contributed by atoms with van der Waals surface area (Å²) in [4.78, 5) is 15.3. The molecule has 144 valence electrons. The van der Waals surface area contributed by atoms with Crippen LogP contribution in [-0.2, 0) is 11.3 Å². The third kappa shape index (κ3) is 5.91. The number of carbonyl (C=O) groups is 1. The first-order valence-electron chi connectivity index (χ1n) is 9.86. The number of nitrogens with one attached hydrogen (secondary N) is 1. The molecule has 4 heteroatoms. The maximum atomic E-state index is 12.9. The number of amides is 1. The molecule has 4 nitrogen and oxygen atoms in total. The van der Waals surface area contributed by atoms with Crippen molar-refractivity contribution < 1.29 is 9.53 Å². The first kappa shape index (κ1) is 19.6. The van der Waals surface area contributed by atoms with Crippen molar-refractivity contribution in [2.45, 2.75) is 32.9 Å². The molecule has 0 unspecified atom stereocenters. The number of carbonyl (C=O) groups excluding carboxylic acids is 1. The predicted molar refractivity (Wildman–Crippen MR) is 109 cm³/mol. The number of rotatable bonds is 7. The molecule has 1 aliphatic rings. The molecule has 1 N–H and O–H groups in total. The Bertz CT molecular complexity index is 724. The average Bonchev–Trinajstić information content (AvgIpc) is 2.69. The minimum Gasteiger partial charge on any atom is -0.379 e. The summed E-state index contributed by atoms with van der Waals surface area (Å²) in [5.74, 6) is 0.497. The van der Waals surface area contributed by atoms with Gasteiger partial charge in [-0.1, -0.05) is 56.3 Å². The van der Waals surface area contributed by atoms with Gasteiger partial charge in [-0.2, -0.15) is 0 Å². The van der Waals surface area contributed by atoms with E-state index in [4.69, 9.17) is 4.74 Å². The molecule has 3 rings (SSSR count). The van der Waals surface area contributed by atoms with Gasteiger partial charge in [0, 0.05) is 25.2 Å². The molecule has 1 saturated heterocycles. The van der Waals surface area contributed by atoms with Crippen molar-refractivity contribution in [3.63, 3.8) is 0 Å². The van der Waals surface area contributed by atoms with Gasteiger partial charge in [0.1, 0.15) is 0 Å². The van der Waals surface area contributed by atoms with Gasteiger partial charge in [-0.15, -0.1) is 0 Å². The predicted octanol–water partition coefficient (Wildman–Crippen LogP) is 4.04. The molecule has 27 heavy (non-hydrogen) atoms. The molecule has 0 radical (unpaired) electrons. The zero-order chi connectivity index (χ0) is 19.1. The van der Waals surface area contributed by atoms with Gasteiger partial charge in [-0.3, -0.25) is 9.69 Å². The fourth-order valence-corrected chi connectivity index (χ4v) is 3.51. The molecule has 0 saturated carbocycles. The minimum absolute atomic E-state index is 0.00618. The summed E-state index contributed by atoms with van der Waals surface area (Å²) in [6.45, 7) is 8.69. The lowest BCUT2D eigenvalue weighted by Crippen LogP contribution is -2.35. The summed E-state index contributed by atoms with van der Waals surface area (Å²) < 4.78 is 5.41. The van der Waals surface area contributed by atoms with E-state index in [1.807, 2.05) is 36.4 Å². The van der Waals surface area contributed by atoms with Crippen molar-refractivity contribution in [2.75, 3.05) is 26.3 Å². The molecular weight excluding hydrogens is 336 g/mol. The fourth-order valence-electron chi connectivity index (χ4n) is 3.51. The number of benzene rings is 2. The van der Waals surface area contributed by atoms with E-state index in [0.29, 0.717) is 5.92 Å². The summed E-state index contributed by atoms with van der Waals surface area (Å²) in [5.41, 5.74) is 3.05. The van der Waals surface area contributed by atoms with Crippen LogP contribution in [0.5, 0.6) is 0 Å². The maximum absolute atomic E-state index is 12.9. The second-order valence-corrected chi connectivity index (χ2v) is 7.66. The van der Waals surface area contributed by atoms with E-state index in [1.165, 1.54) is 5.56 Å². The Morgan fingerprint density at radius 2 is 1.81 bits per heavy atom. The van der Waals surface area contributed by atoms with E-state index < -0.39 is 0 Å². The molecule has 0 aliphatic carbocycles. The molecule has 0 bridgehead atoms. The number of ether oxygens (including phenoxy) is 1. The minimum atomic E-state index is -0.00618. The topological polar surface area (TPSA) is 41.6 Å². The first-order valence-corrected chi connectivity index (χ1v) is 9.86. The van der Waals surface area contributed by atoms with Crippen LogP contribution < -0.4 is 5.32 Å². The second-order valence-electron chi connectivity index (χ2n) is 7.66. The Kier molecular flexibility index (Phi) is 7.02. The standard InChI is InChI=1S/C23H30N2O2/c1-18(2)15-22(20-8-4-3-5-9-20)24-23(26)21-10-6-7-19(16-21)17-25-11-13-27-14-12-25/h3-10,16,18,22H,11-15,17H2,1-2H3,(H,24,26)/t22-/m0/s1. The summed E-state index contributed by atoms with van der Waals surface area (Å²) in [6.07, 6.45) is 0.920. The van der Waals surface area contributed by atoms with Gasteiger partial charge in [-0.25, -0.2) is 0 Å². The van der Waals surface area contributed by atoms with Crippen LogP contribution in [-0.4, -0.2) is 37.1 Å². The molecule has 0 aromatic heterocycles. The molecule has 1 fully saturated rings. The van der Waals surface area contributed by atoms with Gasteiger partial charge < -0.3 is 10.1 Å². The van der Waals surface area contributed by atoms with E-state index in [9.17, 15) is 4.79 Å². The van der Waals surface area contributed by atoms with Crippen LogP contribution in [0.2, 0.25) is 0 Å². The van der Waals surface area contributed by atoms with Crippen molar-refractivity contribution >= 4 is 5.91 Å². The Morgan fingerprint density at radius 3 is 2.52 bits per heavy atom. The third-order valence-corrected chi connectivity index (χ3v) is 4.91. The summed E-state index contributed by atoms with van der Waals surface area (Å²) in [5, 5.41) is 3.24. The Labute approximate surface area is 162 Å². The highest BCUT2D eigenvalue weighted by Crippen LogP contribution is 2.22. The average molecular weight is 367 g/mol. The molecule has 2 aromatic rings. The molecule has 0 spiro atoms. The SMILES string of the molecule is CC(C)C[C@H](NC(=O)c1cccc(CN2CCOCC2)c1)c1ccccc1. The first-order chi connectivity index (χ1) is 13.1. The Balaban J connectivity index is 1.69. The fraction of sp³-hybridized carbons (Fsp3) is 0.435. The zero-order valence-corrected chi connectivity index (χ0v) is 16.4. The van der Waals surface area contributed by atoms with Crippen LogP contribution in [0.25, 0.3) is 0 Å². The molecule has 2 aromatic carbocycles. The highest BCUT2D eigenvalue weighted by atomic mass is 16.5. The second kappa shape index (κ2) is 9.67. The lowest BCUT2D eigenvalue weighted by atomic mass is 9.96. The van der Waals surface area contributed by atoms with Gasteiger partial charge in [0.2, 0.25) is 0 Å². The van der Waals surface area contributed by atoms with Crippen LogP contribution in [0.3, 0.4) is 0 Å². The van der Waals surface area contributed by atoms with Gasteiger partial charge in [0.15, 0.2) is 0 Å². The number of nitrogens with zero attached hydrogens (tertiary/aromatic N) is 1. The quantitative estimate of drug-likeness (QED) is 0.804. The summed E-state index contributed by atoms with van der Waals surface area (Å²) >= 11 is 0. The lowest BCUT2D eigenvalue weighted by Gasteiger charge is -2.26. The van der Waals surface area contributed by atoms with Crippen LogP contribution in [0.1, 0.15) is 47.8 Å². The molecule has 1 atom stereocenters. The van der Waals surface area contributed by atoms with Crippen molar-refractivity contribution in [1.29, 1.82) is 0 Å². The number of hydrogen-bond donors (Lipinski definition) is 1. The molecule has 1 amide bonds. The highest BCUT2D eigenvalue weighted by molar-refractivity contribution is 5.94. The normalized spacial score (nSPS) is 16.3. The van der Waals surface area contributed by atoms with Crippen LogP contribution in [0.4, 0.5) is 0 Å². The van der Waals surface area contributed by atoms with E-state index >= 15 is 0 Å². The summed E-state index contributed by atoms with van der Waals surface area (Å²) in [7, 11) is 0. The lowest BCUT2D eigenvalue weighted by molar-refractivity contribution is 0.0342. The van der Waals surface area contributed by atoms with Gasteiger partial charge >= 0.3 is 0 Å². The Morgan fingerprint density at radius 1 is 1.07 bits per heavy atom. The maximum Gasteiger partial charge on any atom is 0.251 e. The molecule has 1 heterocycles. The molecular formula is C23H30N2O2. The monoisotopic (exact) mass is 366 g/mol.